The van der Waals surface area contributed by atoms with Crippen LogP contribution in [0.3, 0.4) is 0 Å². The Hall–Kier alpha value is -3.31. The number of hydrogen-bond acceptors (Lipinski definition) is 4. The standard InChI is InChI=1S/C28H27ClN2O3/c1-18-7-14-26-25(15-18)31-28(34-26)21-10-13-23(29)24(16-21)30-27(32)17-33-22-11-8-20(9-12-22)19-5-3-2-4-6-19/h7-16,19H,2-6,17H2,1H3,(H,30,32). The second kappa shape index (κ2) is 9.90. The number of fused-ring (bicyclic) bond motifs is 1. The van der Waals surface area contributed by atoms with Crippen LogP contribution in [0.5, 0.6) is 5.75 Å². The highest BCUT2D eigenvalue weighted by molar-refractivity contribution is 6.33. The van der Waals surface area contributed by atoms with Gasteiger partial charge in [-0.1, -0.05) is 49.1 Å². The van der Waals surface area contributed by atoms with Crippen molar-refractivity contribution in [2.45, 2.75) is 44.9 Å². The molecule has 0 saturated heterocycles. The van der Waals surface area contributed by atoms with Crippen LogP contribution in [-0.4, -0.2) is 17.5 Å². The smallest absolute Gasteiger partial charge is 0.262 e. The molecule has 6 heteroatoms. The van der Waals surface area contributed by atoms with Gasteiger partial charge in [-0.2, -0.15) is 0 Å². The molecular weight excluding hydrogens is 448 g/mol. The van der Waals surface area contributed by atoms with Gasteiger partial charge < -0.3 is 14.5 Å². The molecule has 1 aliphatic carbocycles. The van der Waals surface area contributed by atoms with Gasteiger partial charge in [0.05, 0.1) is 10.7 Å². The topological polar surface area (TPSA) is 64.4 Å². The van der Waals surface area contributed by atoms with E-state index in [4.69, 9.17) is 20.8 Å². The highest BCUT2D eigenvalue weighted by Gasteiger charge is 2.16. The first-order valence-electron chi connectivity index (χ1n) is 11.7. The number of carbonyl (C=O) groups excluding carboxylic acids is 1. The van der Waals surface area contributed by atoms with Crippen LogP contribution < -0.4 is 10.1 Å². The first-order valence-corrected chi connectivity index (χ1v) is 12.1. The maximum Gasteiger partial charge on any atom is 0.262 e. The van der Waals surface area contributed by atoms with Crippen molar-refractivity contribution < 1.29 is 13.9 Å². The minimum atomic E-state index is -0.288. The summed E-state index contributed by atoms with van der Waals surface area (Å²) in [6.45, 7) is 1.91. The monoisotopic (exact) mass is 474 g/mol. The maximum atomic E-state index is 12.5. The van der Waals surface area contributed by atoms with Gasteiger partial charge in [-0.25, -0.2) is 4.98 Å². The van der Waals surface area contributed by atoms with Crippen molar-refractivity contribution in [3.63, 3.8) is 0 Å². The number of oxazole rings is 1. The van der Waals surface area contributed by atoms with E-state index < -0.39 is 0 Å². The van der Waals surface area contributed by atoms with Gasteiger partial charge in [-0.15, -0.1) is 0 Å². The fourth-order valence-electron chi connectivity index (χ4n) is 4.52. The lowest BCUT2D eigenvalue weighted by molar-refractivity contribution is -0.118. The summed E-state index contributed by atoms with van der Waals surface area (Å²) in [6, 6.07) is 19.3. The van der Waals surface area contributed by atoms with Gasteiger partial charge in [0.15, 0.2) is 12.2 Å². The van der Waals surface area contributed by atoms with E-state index in [9.17, 15) is 4.79 Å². The molecule has 0 aliphatic heterocycles. The molecule has 1 aliphatic rings. The van der Waals surface area contributed by atoms with Crippen LogP contribution >= 0.6 is 11.6 Å². The zero-order chi connectivity index (χ0) is 23.5. The van der Waals surface area contributed by atoms with Gasteiger partial charge in [0, 0.05) is 5.56 Å². The Balaban J connectivity index is 1.22. The van der Waals surface area contributed by atoms with E-state index >= 15 is 0 Å². The van der Waals surface area contributed by atoms with E-state index in [0.29, 0.717) is 33.9 Å². The Morgan fingerprint density at radius 2 is 1.85 bits per heavy atom. The molecule has 4 aromatic rings. The third-order valence-corrected chi connectivity index (χ3v) is 6.69. The number of ether oxygens (including phenoxy) is 1. The molecule has 1 saturated carbocycles. The fraction of sp³-hybridized carbons (Fsp3) is 0.286. The normalized spacial score (nSPS) is 14.3. The molecule has 1 fully saturated rings. The number of amides is 1. The number of nitrogens with zero attached hydrogens (tertiary/aromatic N) is 1. The fourth-order valence-corrected chi connectivity index (χ4v) is 4.69. The van der Waals surface area contributed by atoms with E-state index in [0.717, 1.165) is 16.6 Å². The SMILES string of the molecule is Cc1ccc2oc(-c3ccc(Cl)c(NC(=O)COc4ccc(C5CCCCC5)cc4)c3)nc2c1. The first kappa shape index (κ1) is 22.5. The van der Waals surface area contributed by atoms with E-state index in [2.05, 4.69) is 22.4 Å². The molecule has 5 nitrogen and oxygen atoms in total. The van der Waals surface area contributed by atoms with Crippen LogP contribution in [0, 0.1) is 6.92 Å². The molecule has 174 valence electrons. The summed E-state index contributed by atoms with van der Waals surface area (Å²) in [5.74, 6) is 1.51. The van der Waals surface area contributed by atoms with Crippen molar-refractivity contribution >= 4 is 34.3 Å². The second-order valence-electron chi connectivity index (χ2n) is 8.93. The van der Waals surface area contributed by atoms with Crippen LogP contribution in [0.15, 0.2) is 65.1 Å². The zero-order valence-corrected chi connectivity index (χ0v) is 19.9. The molecule has 1 aromatic heterocycles. The minimum Gasteiger partial charge on any atom is -0.484 e. The highest BCUT2D eigenvalue weighted by Crippen LogP contribution is 2.33. The number of nitrogens with one attached hydrogen (secondary N) is 1. The number of anilines is 1. The first-order chi connectivity index (χ1) is 16.5. The van der Waals surface area contributed by atoms with Gasteiger partial charge in [0.2, 0.25) is 5.89 Å². The third kappa shape index (κ3) is 5.10. The molecule has 34 heavy (non-hydrogen) atoms. The van der Waals surface area contributed by atoms with Gasteiger partial charge in [0.1, 0.15) is 11.3 Å². The lowest BCUT2D eigenvalue weighted by Crippen LogP contribution is -2.20. The largest absolute Gasteiger partial charge is 0.484 e. The predicted octanol–water partition coefficient (Wildman–Crippen LogP) is 7.52. The summed E-state index contributed by atoms with van der Waals surface area (Å²) in [6.07, 6.45) is 6.46. The molecule has 0 bridgehead atoms. The Labute approximate surface area is 204 Å². The quantitative estimate of drug-likeness (QED) is 0.314. The zero-order valence-electron chi connectivity index (χ0n) is 19.1. The molecule has 1 N–H and O–H groups in total. The van der Waals surface area contributed by atoms with Gasteiger partial charge in [0.25, 0.3) is 5.91 Å². The molecule has 3 aromatic carbocycles. The van der Waals surface area contributed by atoms with Crippen LogP contribution in [0.4, 0.5) is 5.69 Å². The molecule has 0 radical (unpaired) electrons. The Morgan fingerprint density at radius 3 is 2.65 bits per heavy atom. The van der Waals surface area contributed by atoms with Crippen LogP contribution in [0.2, 0.25) is 5.02 Å². The van der Waals surface area contributed by atoms with Gasteiger partial charge >= 0.3 is 0 Å². The number of rotatable bonds is 6. The number of benzene rings is 3. The van der Waals surface area contributed by atoms with Crippen molar-refractivity contribution in [3.8, 4) is 17.2 Å². The highest BCUT2D eigenvalue weighted by atomic mass is 35.5. The van der Waals surface area contributed by atoms with Gasteiger partial charge in [-0.05, 0) is 79.3 Å². The van der Waals surface area contributed by atoms with Crippen molar-refractivity contribution in [1.29, 1.82) is 0 Å². The number of aromatic nitrogens is 1. The van der Waals surface area contributed by atoms with Crippen molar-refractivity contribution in [1.82, 2.24) is 4.98 Å². The lowest BCUT2D eigenvalue weighted by Gasteiger charge is -2.22. The summed E-state index contributed by atoms with van der Waals surface area (Å²) in [4.78, 5) is 17.1. The lowest BCUT2D eigenvalue weighted by atomic mass is 9.84. The molecule has 1 heterocycles. The molecular formula is C28H27ClN2O3. The van der Waals surface area contributed by atoms with Crippen LogP contribution in [0.1, 0.15) is 49.1 Å². The second-order valence-corrected chi connectivity index (χ2v) is 9.33. The van der Waals surface area contributed by atoms with Crippen molar-refractivity contribution in [2.75, 3.05) is 11.9 Å². The predicted molar refractivity (Wildman–Crippen MR) is 136 cm³/mol. The summed E-state index contributed by atoms with van der Waals surface area (Å²) >= 11 is 6.33. The number of hydrogen-bond donors (Lipinski definition) is 1. The summed E-state index contributed by atoms with van der Waals surface area (Å²) in [5, 5.41) is 3.26. The summed E-state index contributed by atoms with van der Waals surface area (Å²) in [5.41, 5.74) is 5.18. The minimum absolute atomic E-state index is 0.106. The van der Waals surface area contributed by atoms with Crippen molar-refractivity contribution in [2.24, 2.45) is 0 Å². The average molecular weight is 475 g/mol. The van der Waals surface area contributed by atoms with Crippen LogP contribution in [0.25, 0.3) is 22.6 Å². The number of halogens is 1. The van der Waals surface area contributed by atoms with E-state index in [1.165, 1.54) is 37.7 Å². The molecule has 1 amide bonds. The Morgan fingerprint density at radius 1 is 1.06 bits per heavy atom. The molecule has 0 spiro atoms. The van der Waals surface area contributed by atoms with Crippen LogP contribution in [-0.2, 0) is 4.79 Å². The number of carbonyl (C=O) groups is 1. The van der Waals surface area contributed by atoms with E-state index in [1.54, 1.807) is 12.1 Å². The van der Waals surface area contributed by atoms with E-state index in [1.807, 2.05) is 43.3 Å². The Kier molecular flexibility index (Phi) is 6.54. The third-order valence-electron chi connectivity index (χ3n) is 6.36. The maximum absolute atomic E-state index is 12.5. The Bertz CT molecular complexity index is 1310. The molecule has 0 unspecified atom stereocenters. The summed E-state index contributed by atoms with van der Waals surface area (Å²) in [7, 11) is 0. The van der Waals surface area contributed by atoms with E-state index in [-0.39, 0.29) is 12.5 Å². The van der Waals surface area contributed by atoms with Crippen molar-refractivity contribution in [3.05, 3.63) is 76.8 Å². The van der Waals surface area contributed by atoms with Gasteiger partial charge in [-0.3, -0.25) is 4.79 Å². The number of aryl methyl sites for hydroxylation is 1. The molecule has 5 rings (SSSR count). The summed E-state index contributed by atoms with van der Waals surface area (Å²) < 4.78 is 11.6. The average Bonchev–Trinajstić information content (AvgIpc) is 3.28. The molecule has 0 atom stereocenters.